The first-order chi connectivity index (χ1) is 31.2. The molecule has 1 heterocycles. The Morgan fingerprint density at radius 2 is 0.762 bits per heavy atom. The minimum atomic E-state index is -0.460. The van der Waals surface area contributed by atoms with E-state index in [0.717, 1.165) is 11.4 Å². The summed E-state index contributed by atoms with van der Waals surface area (Å²) in [7, 11) is 0. The summed E-state index contributed by atoms with van der Waals surface area (Å²) in [5, 5.41) is 2.57. The molecule has 1 nitrogen and oxygen atoms in total. The van der Waals surface area contributed by atoms with Gasteiger partial charge in [-0.1, -0.05) is 194 Å². The number of anilines is 3. The van der Waals surface area contributed by atoms with E-state index in [0.29, 0.717) is 0 Å². The zero-order chi connectivity index (χ0) is 41.7. The van der Waals surface area contributed by atoms with Crippen molar-refractivity contribution >= 4 is 48.6 Å². The minimum absolute atomic E-state index is 0.460. The fourth-order valence-corrected chi connectivity index (χ4v) is 11.3. The molecule has 0 N–H and O–H groups in total. The van der Waals surface area contributed by atoms with Crippen LogP contribution in [0.25, 0.3) is 64.7 Å². The number of hydrogen-bond donors (Lipinski definition) is 0. The first-order valence-corrected chi connectivity index (χ1v) is 22.5. The van der Waals surface area contributed by atoms with Gasteiger partial charge in [0.1, 0.15) is 0 Å². The van der Waals surface area contributed by atoms with Crippen LogP contribution in [0.1, 0.15) is 22.3 Å². The molecule has 0 amide bonds. The fourth-order valence-electron chi connectivity index (χ4n) is 10.1. The van der Waals surface area contributed by atoms with E-state index in [1.54, 1.807) is 0 Å². The van der Waals surface area contributed by atoms with E-state index < -0.39 is 5.41 Å². The van der Waals surface area contributed by atoms with Gasteiger partial charge in [0.2, 0.25) is 0 Å². The van der Waals surface area contributed by atoms with Crippen molar-refractivity contribution in [1.82, 2.24) is 0 Å². The molecule has 12 rings (SSSR count). The zero-order valence-electron chi connectivity index (χ0n) is 34.5. The average molecular weight is 820 g/mol. The molecule has 0 bridgehead atoms. The normalized spacial score (nSPS) is 12.6. The van der Waals surface area contributed by atoms with Gasteiger partial charge in [0, 0.05) is 26.8 Å². The third-order valence-electron chi connectivity index (χ3n) is 12.9. The number of rotatable bonds is 8. The van der Waals surface area contributed by atoms with Gasteiger partial charge in [0.15, 0.2) is 0 Å². The highest BCUT2D eigenvalue weighted by molar-refractivity contribution is 7.26. The summed E-state index contributed by atoms with van der Waals surface area (Å²) in [6.45, 7) is 0. The molecule has 2 heteroatoms. The summed E-state index contributed by atoms with van der Waals surface area (Å²) in [5.74, 6) is 0. The molecule has 1 aliphatic rings. The third kappa shape index (κ3) is 6.14. The first-order valence-electron chi connectivity index (χ1n) is 21.7. The van der Waals surface area contributed by atoms with E-state index in [1.807, 2.05) is 11.3 Å². The summed E-state index contributed by atoms with van der Waals surface area (Å²) in [4.78, 5) is 2.45. The Morgan fingerprint density at radius 1 is 0.317 bits per heavy atom. The van der Waals surface area contributed by atoms with Crippen molar-refractivity contribution in [2.75, 3.05) is 4.90 Å². The summed E-state index contributed by atoms with van der Waals surface area (Å²) in [6.07, 6.45) is 0. The summed E-state index contributed by atoms with van der Waals surface area (Å²) < 4.78 is 2.57. The molecule has 1 aromatic heterocycles. The molecule has 10 aromatic carbocycles. The van der Waals surface area contributed by atoms with Crippen LogP contribution in [0.5, 0.6) is 0 Å². The van der Waals surface area contributed by atoms with Gasteiger partial charge >= 0.3 is 0 Å². The van der Waals surface area contributed by atoms with Crippen LogP contribution in [0.4, 0.5) is 17.1 Å². The largest absolute Gasteiger partial charge is 0.309 e. The van der Waals surface area contributed by atoms with E-state index in [1.165, 1.54) is 92.6 Å². The number of nitrogens with zero attached hydrogens (tertiary/aromatic N) is 1. The Labute approximate surface area is 372 Å². The van der Waals surface area contributed by atoms with Gasteiger partial charge in [-0.25, -0.2) is 0 Å². The van der Waals surface area contributed by atoms with Gasteiger partial charge in [-0.05, 0) is 121 Å². The van der Waals surface area contributed by atoms with Crippen molar-refractivity contribution in [3.05, 3.63) is 271 Å². The van der Waals surface area contributed by atoms with Gasteiger partial charge in [0.25, 0.3) is 0 Å². The van der Waals surface area contributed by atoms with Crippen LogP contribution < -0.4 is 4.90 Å². The van der Waals surface area contributed by atoms with Crippen molar-refractivity contribution in [2.24, 2.45) is 0 Å². The second kappa shape index (κ2) is 15.3. The zero-order valence-corrected chi connectivity index (χ0v) is 35.3. The molecule has 11 aromatic rings. The van der Waals surface area contributed by atoms with Gasteiger partial charge < -0.3 is 4.90 Å². The third-order valence-corrected chi connectivity index (χ3v) is 14.2. The molecule has 0 spiro atoms. The number of hydrogen-bond acceptors (Lipinski definition) is 2. The van der Waals surface area contributed by atoms with Crippen molar-refractivity contribution in [3.8, 4) is 44.5 Å². The lowest BCUT2D eigenvalue weighted by molar-refractivity contribution is 0.768. The molecule has 0 atom stereocenters. The molecule has 0 unspecified atom stereocenters. The lowest BCUT2D eigenvalue weighted by Gasteiger charge is -2.34. The lowest BCUT2D eigenvalue weighted by atomic mass is 9.68. The monoisotopic (exact) mass is 819 g/mol. The van der Waals surface area contributed by atoms with Crippen molar-refractivity contribution < 1.29 is 0 Å². The number of benzene rings is 10. The van der Waals surface area contributed by atoms with Crippen molar-refractivity contribution in [3.63, 3.8) is 0 Å². The molecule has 0 saturated heterocycles. The Balaban J connectivity index is 1.02. The number of fused-ring (bicyclic) bond motifs is 6. The topological polar surface area (TPSA) is 3.24 Å². The maximum absolute atomic E-state index is 2.45. The Morgan fingerprint density at radius 3 is 1.35 bits per heavy atom. The van der Waals surface area contributed by atoms with Crippen molar-refractivity contribution in [2.45, 2.75) is 5.41 Å². The molecule has 0 fully saturated rings. The smallest absolute Gasteiger partial charge is 0.0713 e. The lowest BCUT2D eigenvalue weighted by Crippen LogP contribution is -2.28. The quantitative estimate of drug-likeness (QED) is 0.148. The summed E-state index contributed by atoms with van der Waals surface area (Å²) in [6, 6.07) is 91.4. The molecule has 0 aliphatic heterocycles. The van der Waals surface area contributed by atoms with Crippen LogP contribution in [0, 0.1) is 0 Å². The minimum Gasteiger partial charge on any atom is -0.309 e. The van der Waals surface area contributed by atoms with E-state index in [9.17, 15) is 0 Å². The predicted molar refractivity (Wildman–Crippen MR) is 268 cm³/mol. The van der Waals surface area contributed by atoms with E-state index in [4.69, 9.17) is 0 Å². The van der Waals surface area contributed by atoms with Crippen LogP contribution in [-0.4, -0.2) is 0 Å². The van der Waals surface area contributed by atoms with E-state index in [-0.39, 0.29) is 0 Å². The molecule has 1 aliphatic carbocycles. The van der Waals surface area contributed by atoms with Gasteiger partial charge in [-0.3, -0.25) is 0 Å². The Kier molecular flexibility index (Phi) is 8.98. The van der Waals surface area contributed by atoms with Crippen LogP contribution >= 0.6 is 11.3 Å². The van der Waals surface area contributed by atoms with Gasteiger partial charge in [0.05, 0.1) is 15.8 Å². The molecule has 296 valence electrons. The second-order valence-corrected chi connectivity index (χ2v) is 17.5. The maximum atomic E-state index is 2.45. The molecular formula is C61H41NS. The highest BCUT2D eigenvalue weighted by Crippen LogP contribution is 2.56. The number of thiophene rings is 1. The predicted octanol–water partition coefficient (Wildman–Crippen LogP) is 16.9. The van der Waals surface area contributed by atoms with Crippen LogP contribution in [0.2, 0.25) is 0 Å². The van der Waals surface area contributed by atoms with E-state index >= 15 is 0 Å². The Bertz CT molecular complexity index is 3320. The average Bonchev–Trinajstić information content (AvgIpc) is 3.90. The van der Waals surface area contributed by atoms with Gasteiger partial charge in [-0.15, -0.1) is 11.3 Å². The standard InChI is InChI=1S/C61H41NS/c1-4-17-42(18-5-1)45-39-46(43-19-6-2-7-20-43)41-47(40-45)44-31-35-50(36-32-44)62(58-29-16-26-55-54-25-12-15-30-59(54)63-60(55)58)51-37-33-49(34-38-51)61(48-21-8-3-9-22-48)56-27-13-10-23-52(56)53-24-11-14-28-57(53)61/h1-41H. The molecular weight excluding hydrogens is 779 g/mol. The van der Waals surface area contributed by atoms with Crippen molar-refractivity contribution in [1.29, 1.82) is 0 Å². The second-order valence-electron chi connectivity index (χ2n) is 16.4. The first kappa shape index (κ1) is 37.0. The highest BCUT2D eigenvalue weighted by atomic mass is 32.1. The Hall–Kier alpha value is -7.78. The SMILES string of the molecule is c1ccc(-c2cc(-c3ccccc3)cc(-c3ccc(N(c4ccc(C5(c6ccccc6)c6ccccc6-c6ccccc65)cc4)c4cccc5c4sc4ccccc45)cc3)c2)cc1. The fraction of sp³-hybridized carbons (Fsp3) is 0.0164. The summed E-state index contributed by atoms with van der Waals surface area (Å²) >= 11 is 1.87. The van der Waals surface area contributed by atoms with Crippen LogP contribution in [-0.2, 0) is 5.41 Å². The van der Waals surface area contributed by atoms with Crippen LogP contribution in [0.15, 0.2) is 249 Å². The van der Waals surface area contributed by atoms with Crippen LogP contribution in [0.3, 0.4) is 0 Å². The highest BCUT2D eigenvalue weighted by Gasteiger charge is 2.45. The molecule has 0 saturated carbocycles. The molecule has 0 radical (unpaired) electrons. The molecule has 63 heavy (non-hydrogen) atoms. The van der Waals surface area contributed by atoms with E-state index in [2.05, 4.69) is 254 Å². The van der Waals surface area contributed by atoms with Gasteiger partial charge in [-0.2, -0.15) is 0 Å². The summed E-state index contributed by atoms with van der Waals surface area (Å²) in [5.41, 5.74) is 17.8. The maximum Gasteiger partial charge on any atom is 0.0713 e.